The van der Waals surface area contributed by atoms with Gasteiger partial charge in [-0.25, -0.2) is 0 Å². The second-order valence-corrected chi connectivity index (χ2v) is 12.9. The SMILES string of the molecule is CN1[CH-]N(c2[c-]c(Oc3[c-]c(C4(c5cc(C(C)(C)C)ccn5)c5ccccc5Oc5ccccc54)ccc3)ncc2)c2ccccc21.[Pt]. The fraction of sp³-hybridized carbons (Fsp3) is 0.146. The Morgan fingerprint density at radius 3 is 2.15 bits per heavy atom. The molecule has 8 rings (SSSR count). The van der Waals surface area contributed by atoms with Crippen molar-refractivity contribution < 1.29 is 30.5 Å². The minimum Gasteiger partial charge on any atom is -0.504 e. The number of hydrogen-bond acceptors (Lipinski definition) is 6. The summed E-state index contributed by atoms with van der Waals surface area (Å²) in [6.07, 6.45) is 3.65. The molecule has 2 aromatic heterocycles. The van der Waals surface area contributed by atoms with E-state index in [1.165, 1.54) is 5.56 Å². The van der Waals surface area contributed by atoms with Crippen LogP contribution in [0, 0.1) is 18.8 Å². The molecule has 2 aliphatic heterocycles. The molecule has 7 heteroatoms. The standard InChI is InChI=1S/C41H33N4O2.Pt/c1-40(2,3)28-20-22-42-38(25-28)41(32-14-5-9-18-36(32)47-37-19-10-6-15-33(37)41)29-12-11-13-31(24-29)46-39-26-30(21-23-43-39)45-27-44(4)34-16-7-8-17-35(34)45;/h5-23,25,27H,1-4H3;/q-3;. The number of hydrogen-bond donors (Lipinski definition) is 0. The first-order chi connectivity index (χ1) is 22.8. The summed E-state index contributed by atoms with van der Waals surface area (Å²) in [6, 6.07) is 43.9. The Hall–Kier alpha value is -4.93. The quantitative estimate of drug-likeness (QED) is 0.162. The van der Waals surface area contributed by atoms with Gasteiger partial charge in [-0.3, -0.25) is 9.97 Å². The Morgan fingerprint density at radius 1 is 0.750 bits per heavy atom. The largest absolute Gasteiger partial charge is 0.504 e. The van der Waals surface area contributed by atoms with Crippen LogP contribution in [0.5, 0.6) is 23.1 Å². The number of pyridine rings is 2. The molecule has 0 atom stereocenters. The van der Waals surface area contributed by atoms with Crippen molar-refractivity contribution in [3.05, 3.63) is 168 Å². The molecular weight excluding hydrogens is 776 g/mol. The summed E-state index contributed by atoms with van der Waals surface area (Å²) in [5, 5.41) is 0. The summed E-state index contributed by atoms with van der Waals surface area (Å²) < 4.78 is 12.9. The van der Waals surface area contributed by atoms with Crippen molar-refractivity contribution in [2.45, 2.75) is 31.6 Å². The van der Waals surface area contributed by atoms with Crippen LogP contribution in [0.15, 0.2) is 122 Å². The molecule has 0 fully saturated rings. The van der Waals surface area contributed by atoms with Crippen LogP contribution in [-0.4, -0.2) is 17.0 Å². The summed E-state index contributed by atoms with van der Waals surface area (Å²) in [4.78, 5) is 13.8. The molecule has 0 bridgehead atoms. The predicted molar refractivity (Wildman–Crippen MR) is 185 cm³/mol. The van der Waals surface area contributed by atoms with Gasteiger partial charge in [0.25, 0.3) is 0 Å². The van der Waals surface area contributed by atoms with Crippen LogP contribution in [0.2, 0.25) is 0 Å². The van der Waals surface area contributed by atoms with Gasteiger partial charge in [-0.15, -0.1) is 17.7 Å². The van der Waals surface area contributed by atoms with E-state index in [0.29, 0.717) is 11.6 Å². The van der Waals surface area contributed by atoms with Crippen LogP contribution in [0.4, 0.5) is 17.1 Å². The number of para-hydroxylation sites is 4. The average Bonchev–Trinajstić information content (AvgIpc) is 3.43. The zero-order chi connectivity index (χ0) is 32.2. The van der Waals surface area contributed by atoms with Crippen molar-refractivity contribution in [3.63, 3.8) is 0 Å². The zero-order valence-corrected chi connectivity index (χ0v) is 29.3. The molecule has 242 valence electrons. The normalized spacial score (nSPS) is 14.2. The fourth-order valence-electron chi connectivity index (χ4n) is 6.64. The summed E-state index contributed by atoms with van der Waals surface area (Å²) >= 11 is 0. The van der Waals surface area contributed by atoms with Crippen LogP contribution in [0.3, 0.4) is 0 Å². The van der Waals surface area contributed by atoms with Gasteiger partial charge in [0.2, 0.25) is 0 Å². The summed E-state index contributed by atoms with van der Waals surface area (Å²) in [5.41, 5.74) is 7.06. The van der Waals surface area contributed by atoms with E-state index in [0.717, 1.165) is 50.9 Å². The number of anilines is 3. The molecular formula is C41H33N4O2Pt-3. The molecule has 0 radical (unpaired) electrons. The number of fused-ring (bicyclic) bond motifs is 3. The first-order valence-corrected chi connectivity index (χ1v) is 15.7. The minimum atomic E-state index is -0.830. The molecule has 0 amide bonds. The molecule has 4 aromatic carbocycles. The number of aromatic nitrogens is 2. The average molecular weight is 809 g/mol. The Labute approximate surface area is 296 Å². The summed E-state index contributed by atoms with van der Waals surface area (Å²) in [5.74, 6) is 2.44. The molecule has 6 aromatic rings. The number of benzene rings is 4. The van der Waals surface area contributed by atoms with Crippen molar-refractivity contribution in [3.8, 4) is 23.1 Å². The molecule has 0 aliphatic carbocycles. The van der Waals surface area contributed by atoms with Gasteiger partial charge in [0.05, 0.1) is 11.1 Å². The van der Waals surface area contributed by atoms with Crippen LogP contribution in [-0.2, 0) is 31.9 Å². The maximum atomic E-state index is 6.49. The molecule has 48 heavy (non-hydrogen) atoms. The van der Waals surface area contributed by atoms with Crippen LogP contribution in [0.1, 0.15) is 48.7 Å². The van der Waals surface area contributed by atoms with E-state index < -0.39 is 5.41 Å². The summed E-state index contributed by atoms with van der Waals surface area (Å²) in [6.45, 7) is 8.70. The first kappa shape index (κ1) is 31.7. The van der Waals surface area contributed by atoms with Crippen molar-refractivity contribution in [2.75, 3.05) is 16.8 Å². The van der Waals surface area contributed by atoms with Crippen LogP contribution < -0.4 is 19.3 Å². The van der Waals surface area contributed by atoms with Crippen LogP contribution >= 0.6 is 0 Å². The third kappa shape index (κ3) is 5.25. The van der Waals surface area contributed by atoms with Gasteiger partial charge < -0.3 is 19.3 Å². The third-order valence-corrected chi connectivity index (χ3v) is 8.92. The van der Waals surface area contributed by atoms with E-state index in [1.54, 1.807) is 6.20 Å². The van der Waals surface area contributed by atoms with E-state index in [2.05, 4.69) is 90.2 Å². The monoisotopic (exact) mass is 808 g/mol. The maximum Gasteiger partial charge on any atom is 0.132 e. The van der Waals surface area contributed by atoms with Gasteiger partial charge in [0, 0.05) is 55.5 Å². The smallest absolute Gasteiger partial charge is 0.132 e. The van der Waals surface area contributed by atoms with E-state index >= 15 is 0 Å². The summed E-state index contributed by atoms with van der Waals surface area (Å²) in [7, 11) is 2.03. The fourth-order valence-corrected chi connectivity index (χ4v) is 6.64. The van der Waals surface area contributed by atoms with Crippen molar-refractivity contribution in [2.24, 2.45) is 0 Å². The van der Waals surface area contributed by atoms with Gasteiger partial charge in [-0.1, -0.05) is 69.3 Å². The van der Waals surface area contributed by atoms with E-state index in [9.17, 15) is 0 Å². The number of nitrogens with zero attached hydrogens (tertiary/aromatic N) is 4. The molecule has 6 nitrogen and oxygen atoms in total. The number of ether oxygens (including phenoxy) is 2. The van der Waals surface area contributed by atoms with Gasteiger partial charge in [-0.05, 0) is 60.6 Å². The van der Waals surface area contributed by atoms with Crippen molar-refractivity contribution in [1.29, 1.82) is 0 Å². The van der Waals surface area contributed by atoms with Crippen molar-refractivity contribution in [1.82, 2.24) is 9.97 Å². The Kier molecular flexibility index (Phi) is 8.09. The second-order valence-electron chi connectivity index (χ2n) is 12.9. The molecule has 0 spiro atoms. The minimum absolute atomic E-state index is 0. The Bertz CT molecular complexity index is 2080. The van der Waals surface area contributed by atoms with E-state index in [-0.39, 0.29) is 26.5 Å². The van der Waals surface area contributed by atoms with E-state index in [1.807, 2.05) is 86.6 Å². The second kappa shape index (κ2) is 12.3. The zero-order valence-electron chi connectivity index (χ0n) is 27.0. The van der Waals surface area contributed by atoms with Gasteiger partial charge >= 0.3 is 0 Å². The predicted octanol–water partition coefficient (Wildman–Crippen LogP) is 9.36. The topological polar surface area (TPSA) is 50.7 Å². The van der Waals surface area contributed by atoms with Crippen molar-refractivity contribution >= 4 is 17.1 Å². The molecule has 0 N–H and O–H groups in total. The van der Waals surface area contributed by atoms with Gasteiger partial charge in [0.15, 0.2) is 0 Å². The molecule has 0 saturated carbocycles. The van der Waals surface area contributed by atoms with Gasteiger partial charge in [-0.2, -0.15) is 36.6 Å². The first-order valence-electron chi connectivity index (χ1n) is 15.7. The Balaban J connectivity index is 0.00000364. The van der Waals surface area contributed by atoms with Crippen LogP contribution in [0.25, 0.3) is 0 Å². The Morgan fingerprint density at radius 2 is 1.42 bits per heavy atom. The van der Waals surface area contributed by atoms with Gasteiger partial charge in [0.1, 0.15) is 17.4 Å². The molecule has 0 saturated heterocycles. The van der Waals surface area contributed by atoms with E-state index in [4.69, 9.17) is 14.5 Å². The maximum absolute atomic E-state index is 6.49. The molecule has 4 heterocycles. The molecule has 0 unspecified atom stereocenters. The number of rotatable bonds is 5. The third-order valence-electron chi connectivity index (χ3n) is 8.92. The molecule has 2 aliphatic rings.